The maximum absolute atomic E-state index is 0. The summed E-state index contributed by atoms with van der Waals surface area (Å²) in [4.78, 5) is 0. The van der Waals surface area contributed by atoms with Gasteiger partial charge in [-0.3, -0.25) is 0 Å². The third kappa shape index (κ3) is 25.5. The van der Waals surface area contributed by atoms with Gasteiger partial charge in [0.1, 0.15) is 0 Å². The molecule has 0 saturated heterocycles. The van der Waals surface area contributed by atoms with Crippen molar-refractivity contribution in [1.29, 1.82) is 0 Å². The molecule has 0 aliphatic heterocycles. The van der Waals surface area contributed by atoms with Crippen LogP contribution in [-0.2, 0) is 70.5 Å². The summed E-state index contributed by atoms with van der Waals surface area (Å²) in [5, 5.41) is 0. The van der Waals surface area contributed by atoms with Gasteiger partial charge in [-0.1, -0.05) is 0 Å². The molecule has 1 radical (unpaired) electrons. The Morgan fingerprint density at radius 3 is 0.800 bits per heavy atom. The van der Waals surface area contributed by atoms with Crippen LogP contribution in [0.25, 0.3) is 0 Å². The molecule has 0 aromatic heterocycles. The van der Waals surface area contributed by atoms with E-state index in [1.807, 2.05) is 0 Å². The van der Waals surface area contributed by atoms with Crippen molar-refractivity contribution in [3.8, 4) is 0 Å². The Balaban J connectivity index is 0. The monoisotopic (exact) mass is 334 g/mol. The fourth-order valence-electron chi connectivity index (χ4n) is 0. The number of hydrogen-bond acceptors (Lipinski definition) is 0. The second-order valence-electron chi connectivity index (χ2n) is 0. The Labute approximate surface area is 70.0 Å². The predicted molar refractivity (Wildman–Crippen MR) is 1.37 cm³/mol. The fourth-order valence-corrected chi connectivity index (χ4v) is 0. The van der Waals surface area contributed by atoms with Gasteiger partial charge in [0.2, 0.25) is 0 Å². The summed E-state index contributed by atoms with van der Waals surface area (Å²) in [6.07, 6.45) is 0. The summed E-state index contributed by atoms with van der Waals surface area (Å²) in [5.41, 5.74) is 0. The molecule has 0 saturated carbocycles. The molecule has 0 aromatic rings. The summed E-state index contributed by atoms with van der Waals surface area (Å²) in [6, 6.07) is 0. The number of rotatable bonds is 0. The molecule has 2 nitrogen and oxygen atoms in total. The quantitative estimate of drug-likeness (QED) is 0.549. The van der Waals surface area contributed by atoms with Crippen LogP contribution in [0.5, 0.6) is 0 Å². The minimum atomic E-state index is 0. The van der Waals surface area contributed by atoms with Crippen molar-refractivity contribution in [2.24, 2.45) is 0 Å². The van der Waals surface area contributed by atoms with E-state index in [2.05, 4.69) is 0 Å². The van der Waals surface area contributed by atoms with Gasteiger partial charge in [-0.25, -0.2) is 0 Å². The van der Waals surface area contributed by atoms with E-state index >= 15 is 0 Å². The molecule has 0 fully saturated rings. The smallest absolute Gasteiger partial charge is 2.00 e. The summed E-state index contributed by atoms with van der Waals surface area (Å²) in [6.45, 7) is 0. The maximum Gasteiger partial charge on any atom is 4.00 e. The average molecular weight is 334 g/mol. The zero-order valence-corrected chi connectivity index (χ0v) is 6.84. The van der Waals surface area contributed by atoms with Crippen LogP contribution < -0.4 is 0 Å². The van der Waals surface area contributed by atoms with Gasteiger partial charge in [0.25, 0.3) is 0 Å². The van der Waals surface area contributed by atoms with E-state index in [1.165, 1.54) is 0 Å². The SMILES string of the molecule is [Co].[O-2].[O-2].[Pt].[Ti+4]. The van der Waals surface area contributed by atoms with Gasteiger partial charge in [0.15, 0.2) is 0 Å². The van der Waals surface area contributed by atoms with Gasteiger partial charge < -0.3 is 11.0 Å². The van der Waals surface area contributed by atoms with E-state index < -0.39 is 0 Å². The zero-order valence-electron chi connectivity index (χ0n) is 1.97. The van der Waals surface area contributed by atoms with Crippen LogP contribution in [0.3, 0.4) is 0 Å². The molecule has 0 bridgehead atoms. The van der Waals surface area contributed by atoms with Crippen molar-refractivity contribution in [2.75, 3.05) is 0 Å². The Bertz CT molecular complexity index is 9.61. The molecule has 35 valence electrons. The van der Waals surface area contributed by atoms with Crippen LogP contribution in [-0.4, -0.2) is 0 Å². The second kappa shape index (κ2) is 40.6. The first-order valence-corrected chi connectivity index (χ1v) is 0. The average Bonchev–Trinajstić information content (AvgIpc) is 0. The Morgan fingerprint density at radius 1 is 0.800 bits per heavy atom. The van der Waals surface area contributed by atoms with Gasteiger partial charge in [0.05, 0.1) is 0 Å². The third-order valence-corrected chi connectivity index (χ3v) is 0. The standard InChI is InChI=1S/Co.2O.Pt.Ti/q;2*-2;;+4. The van der Waals surface area contributed by atoms with Crippen LogP contribution in [0.4, 0.5) is 0 Å². The summed E-state index contributed by atoms with van der Waals surface area (Å²) < 4.78 is 0. The van der Waals surface area contributed by atoms with E-state index in [9.17, 15) is 0 Å². The van der Waals surface area contributed by atoms with Crippen molar-refractivity contribution in [3.05, 3.63) is 0 Å². The molecule has 0 rings (SSSR count). The molecule has 0 atom stereocenters. The van der Waals surface area contributed by atoms with Gasteiger partial charge in [-0.15, -0.1) is 0 Å². The summed E-state index contributed by atoms with van der Waals surface area (Å²) in [5.74, 6) is 0. The van der Waals surface area contributed by atoms with Gasteiger partial charge in [-0.05, 0) is 0 Å². The minimum absolute atomic E-state index is 0. The Morgan fingerprint density at radius 2 is 0.800 bits per heavy atom. The largest absolute Gasteiger partial charge is 4.00 e. The van der Waals surface area contributed by atoms with Crippen molar-refractivity contribution in [3.63, 3.8) is 0 Å². The van der Waals surface area contributed by atoms with E-state index in [0.29, 0.717) is 0 Å². The molecule has 0 N–H and O–H groups in total. The van der Waals surface area contributed by atoms with Gasteiger partial charge in [-0.2, -0.15) is 0 Å². The fraction of sp³-hybridized carbons (Fsp3) is 0. The zero-order chi connectivity index (χ0) is 0. The van der Waals surface area contributed by atoms with Crippen molar-refractivity contribution in [2.45, 2.75) is 0 Å². The third-order valence-electron chi connectivity index (χ3n) is 0. The van der Waals surface area contributed by atoms with Gasteiger partial charge >= 0.3 is 21.7 Å². The minimum Gasteiger partial charge on any atom is -2.00 e. The normalized spacial score (nSPS) is 0. The first kappa shape index (κ1) is 69.4. The predicted octanol–water partition coefficient (Wildman–Crippen LogP) is -0.245. The molecule has 0 heterocycles. The van der Waals surface area contributed by atoms with Crippen LogP contribution in [0.2, 0.25) is 0 Å². The molecular formula is CoO2PtTi. The molecule has 0 aliphatic carbocycles. The van der Waals surface area contributed by atoms with Crippen LogP contribution in [0.1, 0.15) is 0 Å². The van der Waals surface area contributed by atoms with Crippen LogP contribution in [0.15, 0.2) is 0 Å². The Kier molecular flexibility index (Phi) is 564. The molecule has 5 heavy (non-hydrogen) atoms. The van der Waals surface area contributed by atoms with E-state index in [0.717, 1.165) is 0 Å². The van der Waals surface area contributed by atoms with E-state index in [4.69, 9.17) is 0 Å². The first-order chi connectivity index (χ1) is 0. The van der Waals surface area contributed by atoms with E-state index in [-0.39, 0.29) is 70.5 Å². The molecule has 0 aromatic carbocycles. The molecule has 0 amide bonds. The summed E-state index contributed by atoms with van der Waals surface area (Å²) in [7, 11) is 0. The molecule has 0 unspecified atom stereocenters. The topological polar surface area (TPSA) is 57.0 Å². The molecular weight excluding hydrogens is 334 g/mol. The van der Waals surface area contributed by atoms with Gasteiger partial charge in [0, 0.05) is 37.8 Å². The molecule has 0 aliphatic rings. The second-order valence-corrected chi connectivity index (χ2v) is 0. The van der Waals surface area contributed by atoms with E-state index in [1.54, 1.807) is 0 Å². The van der Waals surface area contributed by atoms with Crippen molar-refractivity contribution in [1.82, 2.24) is 0 Å². The molecule has 5 heteroatoms. The Hall–Kier alpha value is 1.83. The van der Waals surface area contributed by atoms with Crippen molar-refractivity contribution >= 4 is 0 Å². The van der Waals surface area contributed by atoms with Crippen LogP contribution in [0, 0.1) is 0 Å². The molecule has 0 spiro atoms. The summed E-state index contributed by atoms with van der Waals surface area (Å²) >= 11 is 0. The van der Waals surface area contributed by atoms with Crippen LogP contribution >= 0.6 is 0 Å². The number of hydrogen-bond donors (Lipinski definition) is 0. The maximum atomic E-state index is 0. The first-order valence-electron chi connectivity index (χ1n) is 0. The van der Waals surface area contributed by atoms with Crippen molar-refractivity contribution < 1.29 is 70.5 Å².